The highest BCUT2D eigenvalue weighted by Crippen LogP contribution is 2.25. The van der Waals surface area contributed by atoms with E-state index in [-0.39, 0.29) is 0 Å². The van der Waals surface area contributed by atoms with Crippen LogP contribution >= 0.6 is 11.6 Å². The molecule has 0 bridgehead atoms. The lowest BCUT2D eigenvalue weighted by Gasteiger charge is -2.09. The van der Waals surface area contributed by atoms with Crippen LogP contribution in [0.4, 0.5) is 0 Å². The molecular formula is C14H22ClNO3. The second-order valence-electron chi connectivity index (χ2n) is 4.15. The highest BCUT2D eigenvalue weighted by atomic mass is 35.5. The monoisotopic (exact) mass is 287 g/mol. The maximum Gasteiger partial charge on any atom is 0.138 e. The van der Waals surface area contributed by atoms with Gasteiger partial charge in [0.2, 0.25) is 0 Å². The standard InChI is InChI=1S/C14H22ClNO3/c1-12-3-4-13(15)14(11-12)19-7-2-6-17-9-10-18-8-5-16/h3-4,11H,2,5-10,16H2,1H3. The van der Waals surface area contributed by atoms with Crippen LogP contribution in [0.2, 0.25) is 5.02 Å². The summed E-state index contributed by atoms with van der Waals surface area (Å²) in [5, 5.41) is 0.640. The minimum atomic E-state index is 0.547. The molecule has 4 nitrogen and oxygen atoms in total. The van der Waals surface area contributed by atoms with Gasteiger partial charge in [-0.25, -0.2) is 0 Å². The summed E-state index contributed by atoms with van der Waals surface area (Å²) >= 11 is 6.02. The Bertz CT molecular complexity index is 361. The number of ether oxygens (including phenoxy) is 3. The Morgan fingerprint density at radius 2 is 1.79 bits per heavy atom. The molecule has 2 N–H and O–H groups in total. The SMILES string of the molecule is Cc1ccc(Cl)c(OCCCOCCOCCN)c1. The van der Waals surface area contributed by atoms with Crippen LogP contribution in [0, 0.1) is 6.92 Å². The Balaban J connectivity index is 2.03. The molecule has 5 heteroatoms. The third kappa shape index (κ3) is 7.38. The molecule has 108 valence electrons. The summed E-state index contributed by atoms with van der Waals surface area (Å²) in [6.07, 6.45) is 0.821. The van der Waals surface area contributed by atoms with Crippen molar-refractivity contribution >= 4 is 11.6 Å². The van der Waals surface area contributed by atoms with Crippen LogP contribution in [0.1, 0.15) is 12.0 Å². The molecule has 0 unspecified atom stereocenters. The molecule has 0 heterocycles. The molecule has 0 aliphatic heterocycles. The number of rotatable bonds is 10. The van der Waals surface area contributed by atoms with Gasteiger partial charge in [-0.3, -0.25) is 0 Å². The van der Waals surface area contributed by atoms with Gasteiger partial charge in [0, 0.05) is 19.6 Å². The first-order valence-corrected chi connectivity index (χ1v) is 6.86. The van der Waals surface area contributed by atoms with Gasteiger partial charge >= 0.3 is 0 Å². The summed E-state index contributed by atoms with van der Waals surface area (Å²) < 4.78 is 16.2. The molecule has 0 fully saturated rings. The molecule has 0 radical (unpaired) electrons. The van der Waals surface area contributed by atoms with Crippen molar-refractivity contribution in [3.8, 4) is 5.75 Å². The van der Waals surface area contributed by atoms with Crippen molar-refractivity contribution in [2.75, 3.05) is 39.6 Å². The van der Waals surface area contributed by atoms with Gasteiger partial charge in [0.15, 0.2) is 0 Å². The van der Waals surface area contributed by atoms with Crippen molar-refractivity contribution in [1.82, 2.24) is 0 Å². The molecule has 0 amide bonds. The quantitative estimate of drug-likeness (QED) is 0.672. The topological polar surface area (TPSA) is 53.7 Å². The van der Waals surface area contributed by atoms with Gasteiger partial charge in [-0.2, -0.15) is 0 Å². The first-order chi connectivity index (χ1) is 9.24. The molecule has 1 aromatic rings. The second kappa shape index (κ2) is 10.0. The van der Waals surface area contributed by atoms with Crippen molar-refractivity contribution in [2.24, 2.45) is 5.73 Å². The number of hydrogen-bond acceptors (Lipinski definition) is 4. The van der Waals surface area contributed by atoms with E-state index in [9.17, 15) is 0 Å². The zero-order valence-corrected chi connectivity index (χ0v) is 12.1. The minimum absolute atomic E-state index is 0.547. The first kappa shape index (κ1) is 16.2. The van der Waals surface area contributed by atoms with E-state index in [1.165, 1.54) is 0 Å². The average molecular weight is 288 g/mol. The van der Waals surface area contributed by atoms with Crippen molar-refractivity contribution < 1.29 is 14.2 Å². The summed E-state index contributed by atoms with van der Waals surface area (Å²) in [7, 11) is 0. The Morgan fingerprint density at radius 1 is 1.05 bits per heavy atom. The van der Waals surface area contributed by atoms with Crippen molar-refractivity contribution in [1.29, 1.82) is 0 Å². The molecule has 0 aromatic heterocycles. The smallest absolute Gasteiger partial charge is 0.138 e. The van der Waals surface area contributed by atoms with E-state index in [1.54, 1.807) is 0 Å². The van der Waals surface area contributed by atoms with Gasteiger partial charge < -0.3 is 19.9 Å². The zero-order valence-electron chi connectivity index (χ0n) is 11.4. The predicted octanol–water partition coefficient (Wildman–Crippen LogP) is 2.41. The molecule has 0 spiro atoms. The summed E-state index contributed by atoms with van der Waals surface area (Å²) in [5.74, 6) is 0.730. The van der Waals surface area contributed by atoms with Crippen LogP contribution in [-0.2, 0) is 9.47 Å². The second-order valence-corrected chi connectivity index (χ2v) is 4.56. The lowest BCUT2D eigenvalue weighted by atomic mass is 10.2. The first-order valence-electron chi connectivity index (χ1n) is 6.48. The number of halogens is 1. The van der Waals surface area contributed by atoms with Crippen molar-refractivity contribution in [2.45, 2.75) is 13.3 Å². The van der Waals surface area contributed by atoms with Gasteiger partial charge in [-0.1, -0.05) is 17.7 Å². The Kier molecular flexibility index (Phi) is 8.58. The van der Waals surface area contributed by atoms with Crippen LogP contribution in [0.3, 0.4) is 0 Å². The Labute approximate surface area is 119 Å². The van der Waals surface area contributed by atoms with E-state index < -0.39 is 0 Å². The maximum atomic E-state index is 6.02. The zero-order chi connectivity index (χ0) is 13.9. The molecular weight excluding hydrogens is 266 g/mol. The third-order valence-electron chi connectivity index (χ3n) is 2.41. The molecule has 0 atom stereocenters. The van der Waals surface area contributed by atoms with Crippen molar-refractivity contribution in [3.63, 3.8) is 0 Å². The van der Waals surface area contributed by atoms with E-state index in [4.69, 9.17) is 31.5 Å². The molecule has 19 heavy (non-hydrogen) atoms. The van der Waals surface area contributed by atoms with E-state index >= 15 is 0 Å². The fourth-order valence-electron chi connectivity index (χ4n) is 1.47. The maximum absolute atomic E-state index is 6.02. The van der Waals surface area contributed by atoms with Gasteiger partial charge in [-0.15, -0.1) is 0 Å². The van der Waals surface area contributed by atoms with Crippen LogP contribution in [0.5, 0.6) is 5.75 Å². The summed E-state index contributed by atoms with van der Waals surface area (Å²) in [6, 6.07) is 5.74. The van der Waals surface area contributed by atoms with Gasteiger partial charge in [0.05, 0.1) is 31.5 Å². The number of aryl methyl sites for hydroxylation is 1. The van der Waals surface area contributed by atoms with E-state index in [0.717, 1.165) is 17.7 Å². The van der Waals surface area contributed by atoms with Crippen LogP contribution in [0.25, 0.3) is 0 Å². The van der Waals surface area contributed by atoms with Gasteiger partial charge in [0.1, 0.15) is 5.75 Å². The van der Waals surface area contributed by atoms with E-state index in [0.29, 0.717) is 44.6 Å². The predicted molar refractivity (Wildman–Crippen MR) is 77.0 cm³/mol. The number of nitrogens with two attached hydrogens (primary N) is 1. The van der Waals surface area contributed by atoms with Crippen molar-refractivity contribution in [3.05, 3.63) is 28.8 Å². The number of benzene rings is 1. The van der Waals surface area contributed by atoms with E-state index in [1.807, 2.05) is 25.1 Å². The number of hydrogen-bond donors (Lipinski definition) is 1. The normalized spacial score (nSPS) is 10.7. The van der Waals surface area contributed by atoms with Gasteiger partial charge in [-0.05, 0) is 24.6 Å². The Hall–Kier alpha value is -0.810. The van der Waals surface area contributed by atoms with Crippen LogP contribution in [-0.4, -0.2) is 39.6 Å². The summed E-state index contributed by atoms with van der Waals surface area (Å²) in [6.45, 7) is 5.55. The summed E-state index contributed by atoms with van der Waals surface area (Å²) in [5.41, 5.74) is 6.43. The molecule has 0 aliphatic rings. The van der Waals surface area contributed by atoms with Crippen LogP contribution in [0.15, 0.2) is 18.2 Å². The Morgan fingerprint density at radius 3 is 2.53 bits per heavy atom. The molecule has 1 aromatic carbocycles. The largest absolute Gasteiger partial charge is 0.492 e. The average Bonchev–Trinajstić information content (AvgIpc) is 2.40. The van der Waals surface area contributed by atoms with Crippen LogP contribution < -0.4 is 10.5 Å². The van der Waals surface area contributed by atoms with E-state index in [2.05, 4.69) is 0 Å². The highest BCUT2D eigenvalue weighted by Gasteiger charge is 2.01. The van der Waals surface area contributed by atoms with Gasteiger partial charge in [0.25, 0.3) is 0 Å². The molecule has 1 rings (SSSR count). The molecule has 0 saturated carbocycles. The lowest BCUT2D eigenvalue weighted by molar-refractivity contribution is 0.0463. The minimum Gasteiger partial charge on any atom is -0.492 e. The fraction of sp³-hybridized carbons (Fsp3) is 0.571. The fourth-order valence-corrected chi connectivity index (χ4v) is 1.64. The molecule has 0 saturated heterocycles. The third-order valence-corrected chi connectivity index (χ3v) is 2.72. The highest BCUT2D eigenvalue weighted by molar-refractivity contribution is 6.32. The molecule has 0 aliphatic carbocycles. The summed E-state index contributed by atoms with van der Waals surface area (Å²) in [4.78, 5) is 0. The lowest BCUT2D eigenvalue weighted by Crippen LogP contribution is -2.12.